The van der Waals surface area contributed by atoms with Crippen LogP contribution in [0.4, 0.5) is 17.1 Å². The predicted octanol–water partition coefficient (Wildman–Crippen LogP) is 6.04. The number of benzene rings is 2. The monoisotopic (exact) mass is 450 g/mol. The second-order valence-electron chi connectivity index (χ2n) is 6.18. The van der Waals surface area contributed by atoms with Crippen LogP contribution in [0.3, 0.4) is 0 Å². The fraction of sp³-hybridized carbons (Fsp3) is 0.100. The van der Waals surface area contributed by atoms with E-state index in [9.17, 15) is 10.1 Å². The van der Waals surface area contributed by atoms with Crippen molar-refractivity contribution in [2.75, 3.05) is 0 Å². The van der Waals surface area contributed by atoms with Crippen LogP contribution in [0.5, 0.6) is 0 Å². The zero-order valence-electron chi connectivity index (χ0n) is 15.4. The molecule has 8 nitrogen and oxygen atoms in total. The maximum Gasteiger partial charge on any atom is 0.269 e. The number of halogens is 1. The molecule has 0 radical (unpaired) electrons. The van der Waals surface area contributed by atoms with E-state index < -0.39 is 4.92 Å². The van der Waals surface area contributed by atoms with Gasteiger partial charge in [-0.05, 0) is 34.5 Å². The number of aryl methyl sites for hydroxylation is 1. The molecule has 0 aliphatic heterocycles. The molecule has 0 spiro atoms. The summed E-state index contributed by atoms with van der Waals surface area (Å²) < 4.78 is 2.59. The Bertz CT molecular complexity index is 1220. The zero-order valence-corrected chi connectivity index (χ0v) is 16.9. The van der Waals surface area contributed by atoms with Gasteiger partial charge in [0, 0.05) is 17.7 Å². The maximum absolute atomic E-state index is 10.8. The van der Waals surface area contributed by atoms with Crippen molar-refractivity contribution in [1.82, 2.24) is 14.6 Å². The van der Waals surface area contributed by atoms with Gasteiger partial charge in [-0.3, -0.25) is 10.1 Å². The average molecular weight is 451 g/mol. The summed E-state index contributed by atoms with van der Waals surface area (Å²) in [6, 6.07) is 15.8. The van der Waals surface area contributed by atoms with Crippen LogP contribution in [0.25, 0.3) is 16.9 Å². The molecular formula is C20H15BrN6O2. The molecule has 0 amide bonds. The molecule has 0 aliphatic carbocycles. The summed E-state index contributed by atoms with van der Waals surface area (Å²) in [5.74, 6) is 0. The molecule has 0 fully saturated rings. The highest BCUT2D eigenvalue weighted by Gasteiger charge is 2.17. The van der Waals surface area contributed by atoms with E-state index in [1.54, 1.807) is 22.8 Å². The van der Waals surface area contributed by atoms with Gasteiger partial charge in [-0.25, -0.2) is 9.50 Å². The van der Waals surface area contributed by atoms with E-state index in [0.29, 0.717) is 23.4 Å². The summed E-state index contributed by atoms with van der Waals surface area (Å²) in [5.41, 5.74) is 4.48. The Morgan fingerprint density at radius 1 is 1.10 bits per heavy atom. The summed E-state index contributed by atoms with van der Waals surface area (Å²) >= 11 is 3.62. The molecule has 0 bridgehead atoms. The molecule has 0 aliphatic rings. The molecule has 2 heterocycles. The van der Waals surface area contributed by atoms with Gasteiger partial charge < -0.3 is 0 Å². The Kier molecular flexibility index (Phi) is 5.13. The van der Waals surface area contributed by atoms with Crippen molar-refractivity contribution in [3.8, 4) is 11.3 Å². The van der Waals surface area contributed by atoms with Crippen molar-refractivity contribution in [3.63, 3.8) is 0 Å². The topological polar surface area (TPSA) is 98.0 Å². The summed E-state index contributed by atoms with van der Waals surface area (Å²) in [5, 5.41) is 24.0. The van der Waals surface area contributed by atoms with Crippen molar-refractivity contribution >= 4 is 38.6 Å². The summed E-state index contributed by atoms with van der Waals surface area (Å²) in [7, 11) is 0. The number of azo groups is 1. The minimum absolute atomic E-state index is 0.0103. The number of fused-ring (bicyclic) bond motifs is 1. The third kappa shape index (κ3) is 3.64. The Labute approximate surface area is 174 Å². The van der Waals surface area contributed by atoms with Crippen LogP contribution in [0.15, 0.2) is 75.5 Å². The van der Waals surface area contributed by atoms with E-state index >= 15 is 0 Å². The summed E-state index contributed by atoms with van der Waals surface area (Å²) in [6.07, 6.45) is 2.33. The Morgan fingerprint density at radius 2 is 1.83 bits per heavy atom. The minimum atomic E-state index is -0.451. The van der Waals surface area contributed by atoms with E-state index in [-0.39, 0.29) is 5.69 Å². The van der Waals surface area contributed by atoms with E-state index in [1.165, 1.54) is 12.1 Å². The van der Waals surface area contributed by atoms with Crippen molar-refractivity contribution in [3.05, 3.63) is 81.1 Å². The number of aromatic nitrogens is 3. The first kappa shape index (κ1) is 18.9. The molecule has 4 rings (SSSR count). The lowest BCUT2D eigenvalue weighted by Gasteiger charge is -2.04. The standard InChI is InChI=1S/C20H15BrN6O2/c1-2-17-16(24-23-14-8-10-15(11-9-14)27(28)29)12-22-20-18(21)19(25-26(17)20)13-6-4-3-5-7-13/h3-12H,2H2,1H3. The van der Waals surface area contributed by atoms with Crippen LogP contribution in [0, 0.1) is 10.1 Å². The van der Waals surface area contributed by atoms with E-state index in [1.807, 2.05) is 37.3 Å². The molecule has 0 N–H and O–H groups in total. The summed E-state index contributed by atoms with van der Waals surface area (Å²) in [4.78, 5) is 14.8. The van der Waals surface area contributed by atoms with Gasteiger partial charge in [-0.15, -0.1) is 5.11 Å². The van der Waals surface area contributed by atoms with Gasteiger partial charge in [0.1, 0.15) is 11.4 Å². The van der Waals surface area contributed by atoms with Crippen LogP contribution in [-0.2, 0) is 6.42 Å². The number of nitro groups is 1. The van der Waals surface area contributed by atoms with Crippen molar-refractivity contribution in [1.29, 1.82) is 0 Å². The van der Waals surface area contributed by atoms with Crippen LogP contribution < -0.4 is 0 Å². The highest BCUT2D eigenvalue weighted by Crippen LogP contribution is 2.33. The highest BCUT2D eigenvalue weighted by atomic mass is 79.9. The third-order valence-electron chi connectivity index (χ3n) is 4.38. The van der Waals surface area contributed by atoms with Crippen LogP contribution in [0.2, 0.25) is 0 Å². The van der Waals surface area contributed by atoms with Gasteiger partial charge in [0.2, 0.25) is 0 Å². The molecule has 0 saturated heterocycles. The number of nitro benzene ring substituents is 1. The van der Waals surface area contributed by atoms with Crippen LogP contribution >= 0.6 is 15.9 Å². The van der Waals surface area contributed by atoms with E-state index in [2.05, 4.69) is 31.1 Å². The lowest BCUT2D eigenvalue weighted by atomic mass is 10.2. The fourth-order valence-electron chi connectivity index (χ4n) is 2.94. The third-order valence-corrected chi connectivity index (χ3v) is 5.11. The average Bonchev–Trinajstić information content (AvgIpc) is 3.09. The lowest BCUT2D eigenvalue weighted by molar-refractivity contribution is -0.384. The number of hydrogen-bond donors (Lipinski definition) is 0. The molecule has 2 aromatic heterocycles. The first-order valence-electron chi connectivity index (χ1n) is 8.86. The van der Waals surface area contributed by atoms with Crippen molar-refractivity contribution < 1.29 is 4.92 Å². The fourth-order valence-corrected chi connectivity index (χ4v) is 3.52. The molecule has 2 aromatic carbocycles. The zero-order chi connectivity index (χ0) is 20.4. The SMILES string of the molecule is CCc1c(N=Nc2ccc([N+](=O)[O-])cc2)cnc2c(Br)c(-c3ccccc3)nn12. The van der Waals surface area contributed by atoms with Gasteiger partial charge in [0.15, 0.2) is 5.65 Å². The quantitative estimate of drug-likeness (QED) is 0.210. The smallest absolute Gasteiger partial charge is 0.258 e. The van der Waals surface area contributed by atoms with E-state index in [4.69, 9.17) is 5.10 Å². The first-order chi connectivity index (χ1) is 14.1. The molecule has 4 aromatic rings. The lowest BCUT2D eigenvalue weighted by Crippen LogP contribution is -1.99. The van der Waals surface area contributed by atoms with Crippen LogP contribution in [0.1, 0.15) is 12.6 Å². The molecular weight excluding hydrogens is 436 g/mol. The number of rotatable bonds is 5. The highest BCUT2D eigenvalue weighted by molar-refractivity contribution is 9.10. The molecule has 0 saturated carbocycles. The Hall–Kier alpha value is -3.46. The number of hydrogen-bond acceptors (Lipinski definition) is 6. The molecule has 9 heteroatoms. The largest absolute Gasteiger partial charge is 0.269 e. The Morgan fingerprint density at radius 3 is 2.48 bits per heavy atom. The van der Waals surface area contributed by atoms with Gasteiger partial charge in [-0.2, -0.15) is 10.2 Å². The second kappa shape index (κ2) is 7.88. The predicted molar refractivity (Wildman–Crippen MR) is 113 cm³/mol. The molecule has 0 atom stereocenters. The molecule has 144 valence electrons. The number of nitrogens with zero attached hydrogens (tertiary/aromatic N) is 6. The van der Waals surface area contributed by atoms with Gasteiger partial charge in [-0.1, -0.05) is 37.3 Å². The second-order valence-corrected chi connectivity index (χ2v) is 6.97. The van der Waals surface area contributed by atoms with Gasteiger partial charge in [0.25, 0.3) is 5.69 Å². The molecule has 0 unspecified atom stereocenters. The molecule has 29 heavy (non-hydrogen) atoms. The van der Waals surface area contributed by atoms with Crippen molar-refractivity contribution in [2.24, 2.45) is 10.2 Å². The summed E-state index contributed by atoms with van der Waals surface area (Å²) in [6.45, 7) is 2.01. The van der Waals surface area contributed by atoms with E-state index in [0.717, 1.165) is 21.4 Å². The normalized spacial score (nSPS) is 11.4. The van der Waals surface area contributed by atoms with Gasteiger partial charge >= 0.3 is 0 Å². The minimum Gasteiger partial charge on any atom is -0.258 e. The van der Waals surface area contributed by atoms with Gasteiger partial charge in [0.05, 0.1) is 27.0 Å². The van der Waals surface area contributed by atoms with Crippen LogP contribution in [-0.4, -0.2) is 19.5 Å². The van der Waals surface area contributed by atoms with Crippen molar-refractivity contribution in [2.45, 2.75) is 13.3 Å². The maximum atomic E-state index is 10.8. The number of non-ortho nitro benzene ring substituents is 1. The Balaban J connectivity index is 1.74. The first-order valence-corrected chi connectivity index (χ1v) is 9.65.